The average molecular weight is 286 g/mol. The van der Waals surface area contributed by atoms with Crippen molar-refractivity contribution < 1.29 is 15.0 Å². The molecule has 1 aromatic heterocycles. The second-order valence-electron chi connectivity index (χ2n) is 4.95. The summed E-state index contributed by atoms with van der Waals surface area (Å²) < 4.78 is 0. The maximum atomic E-state index is 11.3. The Morgan fingerprint density at radius 2 is 1.90 bits per heavy atom. The summed E-state index contributed by atoms with van der Waals surface area (Å²) in [6.07, 6.45) is 0.716. The van der Waals surface area contributed by atoms with Crippen LogP contribution in [0.25, 0.3) is 0 Å². The first-order chi connectivity index (χ1) is 9.97. The lowest BCUT2D eigenvalue weighted by Crippen LogP contribution is -2.13. The van der Waals surface area contributed by atoms with E-state index in [-0.39, 0.29) is 11.3 Å². The van der Waals surface area contributed by atoms with Crippen LogP contribution in [-0.4, -0.2) is 27.7 Å². The van der Waals surface area contributed by atoms with Gasteiger partial charge < -0.3 is 15.5 Å². The summed E-state index contributed by atoms with van der Waals surface area (Å²) >= 11 is 0. The van der Waals surface area contributed by atoms with Crippen molar-refractivity contribution in [1.82, 2.24) is 4.98 Å². The maximum Gasteiger partial charge on any atom is 0.339 e. The van der Waals surface area contributed by atoms with Gasteiger partial charge in [-0.25, -0.2) is 9.78 Å². The maximum absolute atomic E-state index is 11.3. The zero-order valence-electron chi connectivity index (χ0n) is 12.1. The standard InChI is InChI=1S/C16H18N2O3/c1-10-9-11(2)18-15(14(10)16(20)21)17-8-7-12-3-5-13(19)6-4-12/h3-6,9,19H,7-8H2,1-2H3,(H,17,18)(H,20,21). The summed E-state index contributed by atoms with van der Waals surface area (Å²) in [5, 5.41) is 21.6. The number of hydrogen-bond donors (Lipinski definition) is 3. The summed E-state index contributed by atoms with van der Waals surface area (Å²) in [7, 11) is 0. The minimum Gasteiger partial charge on any atom is -0.508 e. The minimum absolute atomic E-state index is 0.214. The minimum atomic E-state index is -0.980. The first kappa shape index (κ1) is 14.8. The SMILES string of the molecule is Cc1cc(C)c(C(=O)O)c(NCCc2ccc(O)cc2)n1. The van der Waals surface area contributed by atoms with Gasteiger partial charge in [0.2, 0.25) is 0 Å². The Labute approximate surface area is 123 Å². The molecular weight excluding hydrogens is 268 g/mol. The fourth-order valence-corrected chi connectivity index (χ4v) is 2.22. The molecule has 1 heterocycles. The number of pyridine rings is 1. The third kappa shape index (κ3) is 3.72. The quantitative estimate of drug-likeness (QED) is 0.787. The third-order valence-electron chi connectivity index (χ3n) is 3.20. The monoisotopic (exact) mass is 286 g/mol. The van der Waals surface area contributed by atoms with Crippen LogP contribution in [0.1, 0.15) is 27.2 Å². The van der Waals surface area contributed by atoms with Crippen molar-refractivity contribution in [2.45, 2.75) is 20.3 Å². The molecule has 0 aliphatic heterocycles. The first-order valence-corrected chi connectivity index (χ1v) is 6.70. The van der Waals surface area contributed by atoms with Gasteiger partial charge in [-0.1, -0.05) is 12.1 Å². The van der Waals surface area contributed by atoms with Crippen molar-refractivity contribution in [3.63, 3.8) is 0 Å². The highest BCUT2D eigenvalue weighted by Crippen LogP contribution is 2.19. The number of aromatic hydroxyl groups is 1. The van der Waals surface area contributed by atoms with Crippen molar-refractivity contribution >= 4 is 11.8 Å². The van der Waals surface area contributed by atoms with Gasteiger partial charge in [0, 0.05) is 12.2 Å². The highest BCUT2D eigenvalue weighted by atomic mass is 16.4. The van der Waals surface area contributed by atoms with E-state index in [4.69, 9.17) is 0 Å². The predicted molar refractivity (Wildman–Crippen MR) is 81.0 cm³/mol. The zero-order chi connectivity index (χ0) is 15.4. The molecule has 0 unspecified atom stereocenters. The fraction of sp³-hybridized carbons (Fsp3) is 0.250. The van der Waals surface area contributed by atoms with E-state index in [1.165, 1.54) is 0 Å². The van der Waals surface area contributed by atoms with Gasteiger partial charge in [-0.15, -0.1) is 0 Å². The number of phenolic OH excluding ortho intramolecular Hbond substituents is 1. The van der Waals surface area contributed by atoms with Crippen LogP contribution in [0.2, 0.25) is 0 Å². The topological polar surface area (TPSA) is 82.5 Å². The highest BCUT2D eigenvalue weighted by Gasteiger charge is 2.15. The second kappa shape index (κ2) is 6.26. The molecule has 0 atom stereocenters. The molecule has 0 spiro atoms. The zero-order valence-corrected chi connectivity index (χ0v) is 12.1. The molecule has 0 saturated heterocycles. The molecule has 0 saturated carbocycles. The third-order valence-corrected chi connectivity index (χ3v) is 3.20. The molecular formula is C16H18N2O3. The van der Waals surface area contributed by atoms with E-state index in [1.54, 1.807) is 25.1 Å². The lowest BCUT2D eigenvalue weighted by molar-refractivity contribution is 0.0697. The van der Waals surface area contributed by atoms with Gasteiger partial charge in [0.15, 0.2) is 0 Å². The average Bonchev–Trinajstić information content (AvgIpc) is 2.39. The largest absolute Gasteiger partial charge is 0.508 e. The Kier molecular flexibility index (Phi) is 4.42. The van der Waals surface area contributed by atoms with Crippen LogP contribution in [0, 0.1) is 13.8 Å². The van der Waals surface area contributed by atoms with E-state index in [0.717, 1.165) is 11.3 Å². The number of carboxylic acid groups (broad SMARTS) is 1. The number of carbonyl (C=O) groups is 1. The highest BCUT2D eigenvalue weighted by molar-refractivity contribution is 5.94. The van der Waals surface area contributed by atoms with Crippen LogP contribution in [0.3, 0.4) is 0 Å². The molecule has 21 heavy (non-hydrogen) atoms. The van der Waals surface area contributed by atoms with Crippen LogP contribution in [0.5, 0.6) is 5.75 Å². The summed E-state index contributed by atoms with van der Waals surface area (Å²) in [6.45, 7) is 4.17. The number of aromatic nitrogens is 1. The molecule has 110 valence electrons. The van der Waals surface area contributed by atoms with Crippen LogP contribution < -0.4 is 5.32 Å². The van der Waals surface area contributed by atoms with Gasteiger partial charge in [0.05, 0.1) is 0 Å². The summed E-state index contributed by atoms with van der Waals surface area (Å²) in [4.78, 5) is 15.6. The van der Waals surface area contributed by atoms with Gasteiger partial charge in [-0.05, 0) is 49.6 Å². The fourth-order valence-electron chi connectivity index (χ4n) is 2.22. The Morgan fingerprint density at radius 1 is 1.24 bits per heavy atom. The van der Waals surface area contributed by atoms with E-state index in [1.807, 2.05) is 19.1 Å². The number of benzene rings is 1. The predicted octanol–water partition coefficient (Wildman–Crippen LogP) is 2.76. The molecule has 0 amide bonds. The number of nitrogens with zero attached hydrogens (tertiary/aromatic N) is 1. The van der Waals surface area contributed by atoms with E-state index in [9.17, 15) is 15.0 Å². The van der Waals surface area contributed by atoms with Crippen LogP contribution in [0.15, 0.2) is 30.3 Å². The molecule has 2 aromatic rings. The normalized spacial score (nSPS) is 10.4. The van der Waals surface area contributed by atoms with Crippen molar-refractivity contribution in [2.75, 3.05) is 11.9 Å². The van der Waals surface area contributed by atoms with Crippen LogP contribution in [0.4, 0.5) is 5.82 Å². The summed E-state index contributed by atoms with van der Waals surface area (Å²) in [5.74, 6) is -0.346. The number of aryl methyl sites for hydroxylation is 2. The number of hydrogen-bond acceptors (Lipinski definition) is 4. The summed E-state index contributed by atoms with van der Waals surface area (Å²) in [6, 6.07) is 8.70. The van der Waals surface area contributed by atoms with Crippen LogP contribution >= 0.6 is 0 Å². The molecule has 3 N–H and O–H groups in total. The number of nitrogens with one attached hydrogen (secondary N) is 1. The number of rotatable bonds is 5. The number of phenols is 1. The molecule has 5 heteroatoms. The van der Waals surface area contributed by atoms with Crippen molar-refractivity contribution in [3.8, 4) is 5.75 Å². The number of aromatic carboxylic acids is 1. The molecule has 1 aromatic carbocycles. The van der Waals surface area contributed by atoms with Gasteiger partial charge in [0.25, 0.3) is 0 Å². The van der Waals surface area contributed by atoms with E-state index in [2.05, 4.69) is 10.3 Å². The van der Waals surface area contributed by atoms with Gasteiger partial charge in [-0.2, -0.15) is 0 Å². The number of anilines is 1. The molecule has 5 nitrogen and oxygen atoms in total. The van der Waals surface area contributed by atoms with Crippen molar-refractivity contribution in [2.24, 2.45) is 0 Å². The Morgan fingerprint density at radius 3 is 2.52 bits per heavy atom. The van der Waals surface area contributed by atoms with Gasteiger partial charge in [0.1, 0.15) is 17.1 Å². The molecule has 0 radical (unpaired) electrons. The van der Waals surface area contributed by atoms with Crippen molar-refractivity contribution in [1.29, 1.82) is 0 Å². The molecule has 0 aliphatic carbocycles. The molecule has 0 bridgehead atoms. The second-order valence-corrected chi connectivity index (χ2v) is 4.95. The smallest absolute Gasteiger partial charge is 0.339 e. The number of carboxylic acids is 1. The molecule has 0 fully saturated rings. The molecule has 0 aliphatic rings. The van der Waals surface area contributed by atoms with Crippen LogP contribution in [-0.2, 0) is 6.42 Å². The Bertz CT molecular complexity index is 651. The van der Waals surface area contributed by atoms with E-state index in [0.29, 0.717) is 24.3 Å². The Balaban J connectivity index is 2.09. The van der Waals surface area contributed by atoms with Gasteiger partial charge in [-0.3, -0.25) is 0 Å². The van der Waals surface area contributed by atoms with Gasteiger partial charge >= 0.3 is 5.97 Å². The van der Waals surface area contributed by atoms with E-state index >= 15 is 0 Å². The first-order valence-electron chi connectivity index (χ1n) is 6.70. The lowest BCUT2D eigenvalue weighted by Gasteiger charge is -2.12. The Hall–Kier alpha value is -2.56. The van der Waals surface area contributed by atoms with Crippen molar-refractivity contribution in [3.05, 3.63) is 52.7 Å². The lowest BCUT2D eigenvalue weighted by atomic mass is 10.1. The summed E-state index contributed by atoms with van der Waals surface area (Å²) in [5.41, 5.74) is 2.75. The molecule has 2 rings (SSSR count). The van der Waals surface area contributed by atoms with E-state index < -0.39 is 5.97 Å².